The van der Waals surface area contributed by atoms with Crippen LogP contribution in [0.5, 0.6) is 0 Å². The molecule has 1 fully saturated rings. The number of amides is 2. The first-order valence-corrected chi connectivity index (χ1v) is 11.1. The predicted molar refractivity (Wildman–Crippen MR) is 111 cm³/mol. The normalized spacial score (nSPS) is 14.5. The minimum absolute atomic E-state index is 0.0942. The average molecular weight is 416 g/mol. The van der Waals surface area contributed by atoms with Gasteiger partial charge in [-0.25, -0.2) is 13.1 Å². The molecule has 0 aliphatic heterocycles. The molecule has 3 rings (SSSR count). The third-order valence-electron chi connectivity index (χ3n) is 4.86. The highest BCUT2D eigenvalue weighted by atomic mass is 32.2. The highest BCUT2D eigenvalue weighted by molar-refractivity contribution is 7.89. The topological polar surface area (TPSA) is 104 Å². The Hall–Kier alpha value is -2.71. The van der Waals surface area contributed by atoms with Gasteiger partial charge in [0.15, 0.2) is 0 Å². The van der Waals surface area contributed by atoms with Gasteiger partial charge in [0, 0.05) is 30.8 Å². The van der Waals surface area contributed by atoms with Gasteiger partial charge in [-0.3, -0.25) is 9.59 Å². The van der Waals surface area contributed by atoms with Gasteiger partial charge >= 0.3 is 0 Å². The quantitative estimate of drug-likeness (QED) is 0.647. The van der Waals surface area contributed by atoms with E-state index in [0.29, 0.717) is 11.3 Å². The molecule has 29 heavy (non-hydrogen) atoms. The maximum absolute atomic E-state index is 12.4. The van der Waals surface area contributed by atoms with Crippen LogP contribution >= 0.6 is 0 Å². The summed E-state index contributed by atoms with van der Waals surface area (Å²) < 4.78 is 27.4. The van der Waals surface area contributed by atoms with Crippen molar-refractivity contribution in [2.45, 2.75) is 50.1 Å². The van der Waals surface area contributed by atoms with Crippen LogP contribution < -0.4 is 15.4 Å². The van der Waals surface area contributed by atoms with Crippen LogP contribution in [0.1, 0.15) is 48.5 Å². The largest absolute Gasteiger partial charge is 0.349 e. The Balaban J connectivity index is 1.57. The summed E-state index contributed by atoms with van der Waals surface area (Å²) in [5.41, 5.74) is 1.85. The zero-order valence-electron chi connectivity index (χ0n) is 16.3. The van der Waals surface area contributed by atoms with Crippen LogP contribution in [-0.2, 0) is 21.4 Å². The summed E-state index contributed by atoms with van der Waals surface area (Å²) in [4.78, 5) is 23.4. The van der Waals surface area contributed by atoms with E-state index in [-0.39, 0.29) is 29.3 Å². The van der Waals surface area contributed by atoms with Crippen molar-refractivity contribution in [1.29, 1.82) is 0 Å². The van der Waals surface area contributed by atoms with Crippen LogP contribution in [0.2, 0.25) is 0 Å². The van der Waals surface area contributed by atoms with Crippen molar-refractivity contribution in [2.24, 2.45) is 0 Å². The summed E-state index contributed by atoms with van der Waals surface area (Å²) in [6.45, 7) is 1.50. The lowest BCUT2D eigenvalue weighted by Crippen LogP contribution is -2.32. The molecule has 0 aromatic heterocycles. The fraction of sp³-hybridized carbons (Fsp3) is 0.333. The van der Waals surface area contributed by atoms with Crippen molar-refractivity contribution in [2.75, 3.05) is 5.32 Å². The summed E-state index contributed by atoms with van der Waals surface area (Å²) >= 11 is 0. The fourth-order valence-corrected chi connectivity index (χ4v) is 4.31. The number of carbonyl (C=O) groups is 2. The molecule has 2 aromatic rings. The molecule has 0 bridgehead atoms. The monoisotopic (exact) mass is 415 g/mol. The van der Waals surface area contributed by atoms with E-state index in [1.165, 1.54) is 31.2 Å². The molecule has 1 saturated carbocycles. The van der Waals surface area contributed by atoms with Crippen molar-refractivity contribution >= 4 is 27.5 Å². The number of hydrogen-bond donors (Lipinski definition) is 3. The van der Waals surface area contributed by atoms with Gasteiger partial charge in [-0.1, -0.05) is 25.0 Å². The Kier molecular flexibility index (Phi) is 6.66. The lowest BCUT2D eigenvalue weighted by Gasteiger charge is -2.12. The molecular weight excluding hydrogens is 390 g/mol. The molecule has 0 spiro atoms. The van der Waals surface area contributed by atoms with Crippen molar-refractivity contribution in [3.63, 3.8) is 0 Å². The molecular formula is C21H25N3O4S. The van der Waals surface area contributed by atoms with Gasteiger partial charge in [-0.2, -0.15) is 0 Å². The van der Waals surface area contributed by atoms with Crippen LogP contribution in [-0.4, -0.2) is 26.3 Å². The Morgan fingerprint density at radius 1 is 0.966 bits per heavy atom. The van der Waals surface area contributed by atoms with Crippen molar-refractivity contribution < 1.29 is 18.0 Å². The molecule has 2 aromatic carbocycles. The Morgan fingerprint density at radius 3 is 2.17 bits per heavy atom. The summed E-state index contributed by atoms with van der Waals surface area (Å²) in [5, 5.41) is 5.62. The fourth-order valence-electron chi connectivity index (χ4n) is 3.30. The lowest BCUT2D eigenvalue weighted by molar-refractivity contribution is -0.114. The van der Waals surface area contributed by atoms with Crippen molar-refractivity contribution in [3.05, 3.63) is 59.7 Å². The molecule has 154 valence electrons. The number of benzene rings is 2. The summed E-state index contributed by atoms with van der Waals surface area (Å²) in [7, 11) is -3.69. The van der Waals surface area contributed by atoms with E-state index in [1.807, 2.05) is 0 Å². The van der Waals surface area contributed by atoms with Gasteiger partial charge in [-0.05, 0) is 54.8 Å². The Labute approximate surface area is 171 Å². The van der Waals surface area contributed by atoms with Crippen LogP contribution in [0.15, 0.2) is 53.4 Å². The van der Waals surface area contributed by atoms with E-state index in [9.17, 15) is 18.0 Å². The average Bonchev–Trinajstić information content (AvgIpc) is 3.20. The molecule has 3 N–H and O–H groups in total. The summed E-state index contributed by atoms with van der Waals surface area (Å²) in [6, 6.07) is 13.1. The smallest absolute Gasteiger partial charge is 0.251 e. The molecule has 8 heteroatoms. The Bertz CT molecular complexity index is 964. The first kappa shape index (κ1) is 21.0. The van der Waals surface area contributed by atoms with Crippen LogP contribution in [0, 0.1) is 0 Å². The summed E-state index contributed by atoms with van der Waals surface area (Å²) in [5.74, 6) is -0.317. The molecule has 2 amide bonds. The number of rotatable bonds is 7. The minimum Gasteiger partial charge on any atom is -0.349 e. The summed E-state index contributed by atoms with van der Waals surface area (Å²) in [6.07, 6.45) is 4.36. The maximum Gasteiger partial charge on any atom is 0.251 e. The van der Waals surface area contributed by atoms with E-state index >= 15 is 0 Å². The molecule has 0 heterocycles. The second kappa shape index (κ2) is 9.19. The van der Waals surface area contributed by atoms with E-state index in [4.69, 9.17) is 0 Å². The SMILES string of the molecule is CC(=O)Nc1ccc(S(=O)(=O)NCc2ccc(C(=O)NC3CCCC3)cc2)cc1. The molecule has 1 aliphatic carbocycles. The van der Waals surface area contributed by atoms with Crippen LogP contribution in [0.4, 0.5) is 5.69 Å². The van der Waals surface area contributed by atoms with E-state index in [2.05, 4.69) is 15.4 Å². The van der Waals surface area contributed by atoms with Gasteiger partial charge in [0.2, 0.25) is 15.9 Å². The van der Waals surface area contributed by atoms with Crippen molar-refractivity contribution in [3.8, 4) is 0 Å². The van der Waals surface area contributed by atoms with Crippen LogP contribution in [0.25, 0.3) is 0 Å². The predicted octanol–water partition coefficient (Wildman–Crippen LogP) is 2.80. The maximum atomic E-state index is 12.4. The van der Waals surface area contributed by atoms with E-state index < -0.39 is 10.0 Å². The molecule has 1 aliphatic rings. The van der Waals surface area contributed by atoms with E-state index in [1.54, 1.807) is 24.3 Å². The number of hydrogen-bond acceptors (Lipinski definition) is 4. The number of nitrogens with one attached hydrogen (secondary N) is 3. The van der Waals surface area contributed by atoms with Gasteiger partial charge in [-0.15, -0.1) is 0 Å². The second-order valence-electron chi connectivity index (χ2n) is 7.18. The third kappa shape index (κ3) is 5.88. The van der Waals surface area contributed by atoms with Crippen LogP contribution in [0.3, 0.4) is 0 Å². The minimum atomic E-state index is -3.69. The lowest BCUT2D eigenvalue weighted by atomic mass is 10.1. The third-order valence-corrected chi connectivity index (χ3v) is 6.27. The van der Waals surface area contributed by atoms with Crippen molar-refractivity contribution in [1.82, 2.24) is 10.0 Å². The zero-order valence-corrected chi connectivity index (χ0v) is 17.1. The van der Waals surface area contributed by atoms with Gasteiger partial charge < -0.3 is 10.6 Å². The molecule has 7 nitrogen and oxygen atoms in total. The van der Waals surface area contributed by atoms with Gasteiger partial charge in [0.05, 0.1) is 4.90 Å². The number of anilines is 1. The Morgan fingerprint density at radius 2 is 1.59 bits per heavy atom. The highest BCUT2D eigenvalue weighted by Gasteiger charge is 2.18. The first-order chi connectivity index (χ1) is 13.8. The standard InChI is InChI=1S/C21H25N3O4S/c1-15(25)23-19-10-12-20(13-11-19)29(27,28)22-14-16-6-8-17(9-7-16)21(26)24-18-4-2-3-5-18/h6-13,18,22H,2-5,14H2,1H3,(H,23,25)(H,24,26). The molecule has 0 saturated heterocycles. The second-order valence-corrected chi connectivity index (χ2v) is 8.95. The first-order valence-electron chi connectivity index (χ1n) is 9.60. The van der Waals surface area contributed by atoms with E-state index in [0.717, 1.165) is 31.2 Å². The molecule has 0 unspecified atom stereocenters. The number of sulfonamides is 1. The van der Waals surface area contributed by atoms with Gasteiger partial charge in [0.25, 0.3) is 5.91 Å². The number of carbonyl (C=O) groups excluding carboxylic acids is 2. The van der Waals surface area contributed by atoms with Gasteiger partial charge in [0.1, 0.15) is 0 Å². The molecule has 0 atom stereocenters. The zero-order chi connectivity index (χ0) is 20.9. The highest BCUT2D eigenvalue weighted by Crippen LogP contribution is 2.18. The molecule has 0 radical (unpaired) electrons.